The smallest absolute Gasteiger partial charge is 0.334 e. The SMILES string of the molecule is CCN1C(=O)C(=O)N(CCCOc2cccc(C)c2)C1=O. The van der Waals surface area contributed by atoms with Crippen molar-refractivity contribution in [2.45, 2.75) is 20.3 Å². The Kier molecular flexibility index (Phi) is 4.57. The van der Waals surface area contributed by atoms with E-state index in [1.807, 2.05) is 31.2 Å². The molecule has 0 unspecified atom stereocenters. The van der Waals surface area contributed by atoms with Crippen LogP contribution in [-0.4, -0.2) is 47.3 Å². The van der Waals surface area contributed by atoms with Gasteiger partial charge in [0, 0.05) is 13.1 Å². The summed E-state index contributed by atoms with van der Waals surface area (Å²) in [4.78, 5) is 37.0. The van der Waals surface area contributed by atoms with Crippen LogP contribution in [0.25, 0.3) is 0 Å². The van der Waals surface area contributed by atoms with E-state index >= 15 is 0 Å². The Balaban J connectivity index is 1.82. The summed E-state index contributed by atoms with van der Waals surface area (Å²) in [5.41, 5.74) is 1.10. The lowest BCUT2D eigenvalue weighted by molar-refractivity contribution is -0.143. The maximum Gasteiger partial charge on any atom is 0.334 e. The number of carbonyl (C=O) groups is 3. The van der Waals surface area contributed by atoms with E-state index in [1.165, 1.54) is 0 Å². The Morgan fingerprint density at radius 3 is 2.43 bits per heavy atom. The quantitative estimate of drug-likeness (QED) is 0.453. The number of urea groups is 1. The van der Waals surface area contributed by atoms with Crippen molar-refractivity contribution in [1.82, 2.24) is 9.80 Å². The van der Waals surface area contributed by atoms with Crippen molar-refractivity contribution in [2.24, 2.45) is 0 Å². The minimum Gasteiger partial charge on any atom is -0.494 e. The van der Waals surface area contributed by atoms with Crippen LogP contribution in [0.3, 0.4) is 0 Å². The van der Waals surface area contributed by atoms with E-state index in [9.17, 15) is 14.4 Å². The van der Waals surface area contributed by atoms with Crippen LogP contribution >= 0.6 is 0 Å². The number of amides is 4. The van der Waals surface area contributed by atoms with Gasteiger partial charge in [-0.05, 0) is 38.0 Å². The molecular weight excluding hydrogens is 272 g/mol. The van der Waals surface area contributed by atoms with Crippen LogP contribution in [-0.2, 0) is 9.59 Å². The van der Waals surface area contributed by atoms with Gasteiger partial charge in [0.15, 0.2) is 0 Å². The zero-order valence-electron chi connectivity index (χ0n) is 12.2. The van der Waals surface area contributed by atoms with E-state index in [-0.39, 0.29) is 13.1 Å². The number of aryl methyl sites for hydroxylation is 1. The highest BCUT2D eigenvalue weighted by atomic mass is 16.5. The highest BCUT2D eigenvalue weighted by molar-refractivity contribution is 6.44. The molecule has 4 amide bonds. The standard InChI is InChI=1S/C15H18N2O4/c1-3-16-13(18)14(19)17(15(16)20)8-5-9-21-12-7-4-6-11(2)10-12/h4,6-7,10H,3,5,8-9H2,1-2H3. The van der Waals surface area contributed by atoms with Gasteiger partial charge in [0.1, 0.15) is 5.75 Å². The van der Waals surface area contributed by atoms with Gasteiger partial charge in [0.05, 0.1) is 6.61 Å². The first-order valence-corrected chi connectivity index (χ1v) is 6.91. The third kappa shape index (κ3) is 3.21. The molecule has 1 aromatic carbocycles. The summed E-state index contributed by atoms with van der Waals surface area (Å²) in [6.45, 7) is 4.40. The van der Waals surface area contributed by atoms with Gasteiger partial charge in [-0.3, -0.25) is 19.4 Å². The molecule has 1 heterocycles. The first-order valence-electron chi connectivity index (χ1n) is 6.91. The number of likely N-dealkylation sites (N-methyl/N-ethyl adjacent to an activating group) is 1. The van der Waals surface area contributed by atoms with Crippen molar-refractivity contribution in [1.29, 1.82) is 0 Å². The van der Waals surface area contributed by atoms with E-state index in [2.05, 4.69) is 0 Å². The molecule has 21 heavy (non-hydrogen) atoms. The Hall–Kier alpha value is -2.37. The van der Waals surface area contributed by atoms with E-state index < -0.39 is 17.8 Å². The average Bonchev–Trinajstić information content (AvgIpc) is 2.66. The molecule has 1 aliphatic heterocycles. The van der Waals surface area contributed by atoms with E-state index in [0.717, 1.165) is 21.1 Å². The number of carbonyl (C=O) groups excluding carboxylic acids is 3. The number of ether oxygens (including phenoxy) is 1. The molecular formula is C15H18N2O4. The van der Waals surface area contributed by atoms with Crippen LogP contribution in [0.15, 0.2) is 24.3 Å². The fraction of sp³-hybridized carbons (Fsp3) is 0.400. The van der Waals surface area contributed by atoms with E-state index in [4.69, 9.17) is 4.74 Å². The fourth-order valence-electron chi connectivity index (χ4n) is 2.14. The van der Waals surface area contributed by atoms with Gasteiger partial charge >= 0.3 is 17.8 Å². The molecule has 1 fully saturated rings. The summed E-state index contributed by atoms with van der Waals surface area (Å²) in [6.07, 6.45) is 0.482. The second-order valence-electron chi connectivity index (χ2n) is 4.81. The third-order valence-corrected chi connectivity index (χ3v) is 3.24. The zero-order valence-corrected chi connectivity index (χ0v) is 12.2. The lowest BCUT2D eigenvalue weighted by Crippen LogP contribution is -2.34. The topological polar surface area (TPSA) is 66.9 Å². The van der Waals surface area contributed by atoms with Crippen molar-refractivity contribution in [3.8, 4) is 5.75 Å². The monoisotopic (exact) mass is 290 g/mol. The first-order chi connectivity index (χ1) is 10.0. The van der Waals surface area contributed by atoms with E-state index in [1.54, 1.807) is 6.92 Å². The Bertz CT molecular complexity index is 571. The molecule has 0 aromatic heterocycles. The molecule has 0 atom stereocenters. The normalized spacial score (nSPS) is 15.0. The van der Waals surface area contributed by atoms with E-state index in [0.29, 0.717) is 13.0 Å². The molecule has 112 valence electrons. The maximum atomic E-state index is 11.8. The van der Waals surface area contributed by atoms with Gasteiger partial charge < -0.3 is 4.74 Å². The molecule has 0 spiro atoms. The number of rotatable bonds is 6. The average molecular weight is 290 g/mol. The Labute approximate surface area is 123 Å². The van der Waals surface area contributed by atoms with Gasteiger partial charge in [-0.2, -0.15) is 0 Å². The molecule has 0 bridgehead atoms. The fourth-order valence-corrected chi connectivity index (χ4v) is 2.14. The minimum atomic E-state index is -0.752. The molecule has 1 aromatic rings. The summed E-state index contributed by atoms with van der Waals surface area (Å²) in [7, 11) is 0. The van der Waals surface area contributed by atoms with Crippen LogP contribution < -0.4 is 4.74 Å². The van der Waals surface area contributed by atoms with Crippen LogP contribution in [0.5, 0.6) is 5.75 Å². The van der Waals surface area contributed by atoms with Crippen molar-refractivity contribution in [3.63, 3.8) is 0 Å². The summed E-state index contributed by atoms with van der Waals surface area (Å²) in [5.74, 6) is -0.750. The molecule has 6 heteroatoms. The second-order valence-corrected chi connectivity index (χ2v) is 4.81. The van der Waals surface area contributed by atoms with Gasteiger partial charge in [0.2, 0.25) is 0 Å². The van der Waals surface area contributed by atoms with Crippen LogP contribution in [0.1, 0.15) is 18.9 Å². The van der Waals surface area contributed by atoms with Crippen LogP contribution in [0, 0.1) is 6.92 Å². The zero-order chi connectivity index (χ0) is 15.4. The van der Waals surface area contributed by atoms with Crippen molar-refractivity contribution < 1.29 is 19.1 Å². The highest BCUT2D eigenvalue weighted by Gasteiger charge is 2.42. The minimum absolute atomic E-state index is 0.186. The van der Waals surface area contributed by atoms with Gasteiger partial charge in [-0.1, -0.05) is 12.1 Å². The molecule has 1 saturated heterocycles. The van der Waals surface area contributed by atoms with Crippen molar-refractivity contribution in [3.05, 3.63) is 29.8 Å². The van der Waals surface area contributed by atoms with Gasteiger partial charge in [-0.15, -0.1) is 0 Å². The van der Waals surface area contributed by atoms with Gasteiger partial charge in [-0.25, -0.2) is 4.79 Å². The summed E-state index contributed by atoms with van der Waals surface area (Å²) >= 11 is 0. The lowest BCUT2D eigenvalue weighted by Gasteiger charge is -2.14. The highest BCUT2D eigenvalue weighted by Crippen LogP contribution is 2.14. The lowest BCUT2D eigenvalue weighted by atomic mass is 10.2. The summed E-state index contributed by atoms with van der Waals surface area (Å²) in [5, 5.41) is 0. The summed E-state index contributed by atoms with van der Waals surface area (Å²) < 4.78 is 5.55. The summed E-state index contributed by atoms with van der Waals surface area (Å²) in [6, 6.07) is 7.09. The predicted octanol–water partition coefficient (Wildman–Crippen LogP) is 1.57. The Morgan fingerprint density at radius 1 is 1.10 bits per heavy atom. The number of hydrogen-bond donors (Lipinski definition) is 0. The second kappa shape index (κ2) is 6.39. The van der Waals surface area contributed by atoms with Crippen molar-refractivity contribution >= 4 is 17.8 Å². The third-order valence-electron chi connectivity index (χ3n) is 3.24. The predicted molar refractivity (Wildman–Crippen MR) is 75.8 cm³/mol. The molecule has 0 radical (unpaired) electrons. The number of hydrogen-bond acceptors (Lipinski definition) is 4. The Morgan fingerprint density at radius 2 is 1.81 bits per heavy atom. The maximum absolute atomic E-state index is 11.8. The molecule has 2 rings (SSSR count). The molecule has 6 nitrogen and oxygen atoms in total. The molecule has 1 aliphatic rings. The first kappa shape index (κ1) is 15.0. The molecule has 0 aliphatic carbocycles. The van der Waals surface area contributed by atoms with Crippen molar-refractivity contribution in [2.75, 3.05) is 19.7 Å². The number of imide groups is 2. The largest absolute Gasteiger partial charge is 0.494 e. The number of nitrogens with zero attached hydrogens (tertiary/aromatic N) is 2. The van der Waals surface area contributed by atoms with Crippen LogP contribution in [0.4, 0.5) is 4.79 Å². The van der Waals surface area contributed by atoms with Crippen LogP contribution in [0.2, 0.25) is 0 Å². The number of benzene rings is 1. The molecule has 0 N–H and O–H groups in total. The molecule has 0 saturated carbocycles. The van der Waals surface area contributed by atoms with Gasteiger partial charge in [0.25, 0.3) is 0 Å².